The van der Waals surface area contributed by atoms with Crippen LogP contribution in [0.5, 0.6) is 0 Å². The predicted molar refractivity (Wildman–Crippen MR) is 67.4 cm³/mol. The zero-order chi connectivity index (χ0) is 12.5. The number of hydrogen-bond acceptors (Lipinski definition) is 3. The first-order chi connectivity index (χ1) is 8.01. The van der Waals surface area contributed by atoms with Gasteiger partial charge in [-0.3, -0.25) is 0 Å². The normalized spacial score (nSPS) is 38.6. The fraction of sp³-hybridized carbons (Fsp3) is 0.929. The number of nitrogens with zero attached hydrogens (tertiary/aromatic N) is 2. The van der Waals surface area contributed by atoms with Gasteiger partial charge in [0.05, 0.1) is 17.1 Å². The Kier molecular flexibility index (Phi) is 3.47. The number of aliphatic hydroxyl groups is 1. The number of hydrogen-bond donors (Lipinski definition) is 1. The first kappa shape index (κ1) is 12.9. The molecule has 0 aromatic rings. The lowest BCUT2D eigenvalue weighted by molar-refractivity contribution is -0.111. The van der Waals surface area contributed by atoms with Crippen molar-refractivity contribution in [3.05, 3.63) is 0 Å². The van der Waals surface area contributed by atoms with Crippen LogP contribution in [0.1, 0.15) is 45.4 Å². The van der Waals surface area contributed by atoms with E-state index in [9.17, 15) is 10.4 Å². The Morgan fingerprint density at radius 2 is 1.71 bits per heavy atom. The zero-order valence-corrected chi connectivity index (χ0v) is 11.1. The van der Waals surface area contributed by atoms with Crippen molar-refractivity contribution in [2.24, 2.45) is 11.3 Å². The highest BCUT2D eigenvalue weighted by molar-refractivity contribution is 5.14. The molecule has 1 aliphatic heterocycles. The minimum Gasteiger partial charge on any atom is -0.388 e. The molecule has 0 unspecified atom stereocenters. The van der Waals surface area contributed by atoms with Gasteiger partial charge in [0.25, 0.3) is 0 Å². The highest BCUT2D eigenvalue weighted by atomic mass is 16.3. The maximum atomic E-state index is 10.9. The molecule has 3 heteroatoms. The van der Waals surface area contributed by atoms with Crippen LogP contribution in [-0.2, 0) is 0 Å². The molecule has 0 bridgehead atoms. The quantitative estimate of drug-likeness (QED) is 0.759. The lowest BCUT2D eigenvalue weighted by atomic mass is 9.59. The summed E-state index contributed by atoms with van der Waals surface area (Å²) in [5.41, 5.74) is -1.21. The minimum atomic E-state index is -0.742. The van der Waals surface area contributed by atoms with E-state index in [4.69, 9.17) is 0 Å². The van der Waals surface area contributed by atoms with Crippen molar-refractivity contribution in [1.82, 2.24) is 4.90 Å². The van der Waals surface area contributed by atoms with Gasteiger partial charge in [-0.2, -0.15) is 5.26 Å². The van der Waals surface area contributed by atoms with Gasteiger partial charge in [-0.15, -0.1) is 0 Å². The van der Waals surface area contributed by atoms with Crippen LogP contribution < -0.4 is 0 Å². The van der Waals surface area contributed by atoms with E-state index in [1.165, 1.54) is 0 Å². The third kappa shape index (κ3) is 2.21. The number of likely N-dealkylation sites (tertiary alicyclic amines) is 1. The van der Waals surface area contributed by atoms with E-state index >= 15 is 0 Å². The number of rotatable bonds is 1. The largest absolute Gasteiger partial charge is 0.388 e. The van der Waals surface area contributed by atoms with Gasteiger partial charge in [-0.25, -0.2) is 0 Å². The van der Waals surface area contributed by atoms with Gasteiger partial charge < -0.3 is 10.0 Å². The molecule has 2 fully saturated rings. The van der Waals surface area contributed by atoms with Crippen LogP contribution in [-0.4, -0.2) is 35.7 Å². The Morgan fingerprint density at radius 3 is 2.18 bits per heavy atom. The van der Waals surface area contributed by atoms with Gasteiger partial charge in [0.15, 0.2) is 0 Å². The van der Waals surface area contributed by atoms with Crippen molar-refractivity contribution in [2.75, 3.05) is 20.1 Å². The molecule has 0 aromatic carbocycles. The average Bonchev–Trinajstić information content (AvgIpc) is 2.34. The van der Waals surface area contributed by atoms with Crippen molar-refractivity contribution in [1.29, 1.82) is 5.26 Å². The molecule has 0 amide bonds. The molecule has 2 rings (SSSR count). The summed E-state index contributed by atoms with van der Waals surface area (Å²) in [6, 6.07) is 2.49. The molecule has 0 radical (unpaired) electrons. The summed E-state index contributed by atoms with van der Waals surface area (Å²) in [6.45, 7) is 4.07. The third-order valence-corrected chi connectivity index (χ3v) is 5.05. The molecule has 2 aliphatic rings. The van der Waals surface area contributed by atoms with Gasteiger partial charge >= 0.3 is 0 Å². The molecule has 1 N–H and O–H groups in total. The van der Waals surface area contributed by atoms with E-state index in [1.807, 2.05) is 0 Å². The summed E-state index contributed by atoms with van der Waals surface area (Å²) < 4.78 is 0. The van der Waals surface area contributed by atoms with E-state index in [2.05, 4.69) is 24.9 Å². The van der Waals surface area contributed by atoms with Crippen molar-refractivity contribution in [2.45, 2.75) is 51.0 Å². The predicted octanol–water partition coefficient (Wildman–Crippen LogP) is 2.16. The molecule has 3 nitrogen and oxygen atoms in total. The molecule has 96 valence electrons. The molecule has 0 aromatic heterocycles. The first-order valence-electron chi connectivity index (χ1n) is 6.83. The minimum absolute atomic E-state index is 0.471. The van der Waals surface area contributed by atoms with E-state index in [1.54, 1.807) is 0 Å². The lowest BCUT2D eigenvalue weighted by Crippen LogP contribution is -2.55. The maximum absolute atomic E-state index is 10.9. The molecule has 17 heavy (non-hydrogen) atoms. The average molecular weight is 236 g/mol. The molecule has 1 saturated heterocycles. The van der Waals surface area contributed by atoms with Crippen LogP contribution in [0.2, 0.25) is 0 Å². The molecular weight excluding hydrogens is 212 g/mol. The smallest absolute Gasteiger partial charge is 0.0861 e. The highest BCUT2D eigenvalue weighted by Crippen LogP contribution is 2.49. The van der Waals surface area contributed by atoms with Crippen LogP contribution in [0.3, 0.4) is 0 Å². The zero-order valence-electron chi connectivity index (χ0n) is 11.1. The van der Waals surface area contributed by atoms with E-state index in [-0.39, 0.29) is 0 Å². The Morgan fingerprint density at radius 1 is 1.18 bits per heavy atom. The second-order valence-electron chi connectivity index (χ2n) is 6.21. The summed E-state index contributed by atoms with van der Waals surface area (Å²) in [5, 5.41) is 20.5. The SMILES string of the molecule is CC1CCC(C#N)(C2(O)CCN(C)CC2)CC1. The summed E-state index contributed by atoms with van der Waals surface area (Å²) in [5.74, 6) is 0.714. The fourth-order valence-corrected chi connectivity index (χ4v) is 3.40. The van der Waals surface area contributed by atoms with E-state index in [0.717, 1.165) is 51.6 Å². The van der Waals surface area contributed by atoms with Crippen molar-refractivity contribution < 1.29 is 5.11 Å². The van der Waals surface area contributed by atoms with E-state index in [0.29, 0.717) is 5.92 Å². The second-order valence-corrected chi connectivity index (χ2v) is 6.21. The van der Waals surface area contributed by atoms with Gasteiger partial charge in [0, 0.05) is 13.1 Å². The molecule has 1 heterocycles. The lowest BCUT2D eigenvalue weighted by Gasteiger charge is -2.49. The first-order valence-corrected chi connectivity index (χ1v) is 6.83. The van der Waals surface area contributed by atoms with Crippen LogP contribution in [0.4, 0.5) is 0 Å². The molecule has 1 saturated carbocycles. The van der Waals surface area contributed by atoms with Crippen molar-refractivity contribution in [3.63, 3.8) is 0 Å². The standard InChI is InChI=1S/C14H24N2O/c1-12-3-5-13(11-15,6-4-12)14(17)7-9-16(2)10-8-14/h12,17H,3-10H2,1-2H3. The number of piperidine rings is 1. The van der Waals surface area contributed by atoms with Crippen LogP contribution in [0.15, 0.2) is 0 Å². The fourth-order valence-electron chi connectivity index (χ4n) is 3.40. The van der Waals surface area contributed by atoms with Crippen molar-refractivity contribution >= 4 is 0 Å². The molecule has 0 spiro atoms. The topological polar surface area (TPSA) is 47.3 Å². The Bertz CT molecular complexity index is 305. The summed E-state index contributed by atoms with van der Waals surface area (Å²) >= 11 is 0. The van der Waals surface area contributed by atoms with Gasteiger partial charge in [0.1, 0.15) is 0 Å². The summed E-state index contributed by atoms with van der Waals surface area (Å²) in [4.78, 5) is 2.24. The Balaban J connectivity index is 2.15. The van der Waals surface area contributed by atoms with Crippen LogP contribution in [0.25, 0.3) is 0 Å². The van der Waals surface area contributed by atoms with Crippen LogP contribution >= 0.6 is 0 Å². The molecule has 0 atom stereocenters. The van der Waals surface area contributed by atoms with Crippen molar-refractivity contribution in [3.8, 4) is 6.07 Å². The van der Waals surface area contributed by atoms with Gasteiger partial charge in [0.2, 0.25) is 0 Å². The second kappa shape index (κ2) is 4.59. The Hall–Kier alpha value is -0.590. The summed E-state index contributed by atoms with van der Waals surface area (Å²) in [7, 11) is 2.08. The van der Waals surface area contributed by atoms with Gasteiger partial charge in [-0.1, -0.05) is 6.92 Å². The summed E-state index contributed by atoms with van der Waals surface area (Å²) in [6.07, 6.45) is 5.45. The molecule has 1 aliphatic carbocycles. The maximum Gasteiger partial charge on any atom is 0.0861 e. The highest BCUT2D eigenvalue weighted by Gasteiger charge is 2.52. The molecular formula is C14H24N2O. The monoisotopic (exact) mass is 236 g/mol. The number of nitriles is 1. The third-order valence-electron chi connectivity index (χ3n) is 5.05. The van der Waals surface area contributed by atoms with Gasteiger partial charge in [-0.05, 0) is 51.5 Å². The Labute approximate surface area is 104 Å². The van der Waals surface area contributed by atoms with Crippen LogP contribution in [0, 0.1) is 22.7 Å². The van der Waals surface area contributed by atoms with E-state index < -0.39 is 11.0 Å².